The molecular formula is C13H8ClF2N3OS. The van der Waals surface area contributed by atoms with Crippen LogP contribution in [0.5, 0.6) is 5.75 Å². The molecule has 4 nitrogen and oxygen atoms in total. The van der Waals surface area contributed by atoms with Crippen LogP contribution in [0.1, 0.15) is 0 Å². The first kappa shape index (κ1) is 14.0. The van der Waals surface area contributed by atoms with E-state index in [0.29, 0.717) is 15.6 Å². The Morgan fingerprint density at radius 3 is 2.81 bits per heavy atom. The molecule has 0 radical (unpaired) electrons. The van der Waals surface area contributed by atoms with Crippen molar-refractivity contribution in [1.82, 2.24) is 4.72 Å². The molecule has 2 aromatic carbocycles. The van der Waals surface area contributed by atoms with Crippen LogP contribution < -0.4 is 10.0 Å². The molecular weight excluding hydrogens is 320 g/mol. The summed E-state index contributed by atoms with van der Waals surface area (Å²) < 4.78 is 29.3. The van der Waals surface area contributed by atoms with Crippen molar-refractivity contribution in [2.24, 2.45) is 4.99 Å². The van der Waals surface area contributed by atoms with Gasteiger partial charge in [0.1, 0.15) is 23.1 Å². The molecule has 8 heteroatoms. The summed E-state index contributed by atoms with van der Waals surface area (Å²) in [6, 6.07) is 6.17. The van der Waals surface area contributed by atoms with E-state index in [4.69, 9.17) is 11.6 Å². The van der Waals surface area contributed by atoms with Gasteiger partial charge in [-0.1, -0.05) is 11.6 Å². The summed E-state index contributed by atoms with van der Waals surface area (Å²) in [5.74, 6) is -1.26. The number of aromatic hydroxyl groups is 1. The highest BCUT2D eigenvalue weighted by molar-refractivity contribution is 7.98. The Bertz CT molecular complexity index is 754. The van der Waals surface area contributed by atoms with Crippen LogP contribution in [0, 0.1) is 11.6 Å². The van der Waals surface area contributed by atoms with Crippen molar-refractivity contribution in [3.63, 3.8) is 0 Å². The summed E-state index contributed by atoms with van der Waals surface area (Å²) in [6.07, 6.45) is 0. The number of phenols is 1. The fraction of sp³-hybridized carbons (Fsp3) is 0. The molecule has 0 unspecified atom stereocenters. The van der Waals surface area contributed by atoms with Gasteiger partial charge in [0, 0.05) is 17.2 Å². The molecule has 3 N–H and O–H groups in total. The van der Waals surface area contributed by atoms with Crippen LogP contribution in [0.15, 0.2) is 40.2 Å². The number of fused-ring (bicyclic) bond motifs is 1. The zero-order valence-corrected chi connectivity index (χ0v) is 11.9. The van der Waals surface area contributed by atoms with E-state index in [-0.39, 0.29) is 17.4 Å². The van der Waals surface area contributed by atoms with Gasteiger partial charge in [-0.2, -0.15) is 0 Å². The highest BCUT2D eigenvalue weighted by Crippen LogP contribution is 2.41. The van der Waals surface area contributed by atoms with E-state index in [2.05, 4.69) is 15.0 Å². The second kappa shape index (κ2) is 5.42. The molecule has 21 heavy (non-hydrogen) atoms. The highest BCUT2D eigenvalue weighted by atomic mass is 35.5. The number of rotatable bonds is 1. The number of benzene rings is 2. The van der Waals surface area contributed by atoms with Crippen LogP contribution in [-0.2, 0) is 0 Å². The largest absolute Gasteiger partial charge is 0.506 e. The van der Waals surface area contributed by atoms with Crippen molar-refractivity contribution < 1.29 is 13.9 Å². The van der Waals surface area contributed by atoms with E-state index in [0.717, 1.165) is 12.1 Å². The van der Waals surface area contributed by atoms with E-state index < -0.39 is 11.6 Å². The summed E-state index contributed by atoms with van der Waals surface area (Å²) >= 11 is 7.00. The first-order valence-electron chi connectivity index (χ1n) is 5.79. The quantitative estimate of drug-likeness (QED) is 0.692. The third-order valence-electron chi connectivity index (χ3n) is 2.69. The van der Waals surface area contributed by atoms with Crippen molar-refractivity contribution in [3.8, 4) is 5.75 Å². The minimum absolute atomic E-state index is 0.0696. The van der Waals surface area contributed by atoms with Crippen molar-refractivity contribution in [2.75, 3.05) is 5.32 Å². The van der Waals surface area contributed by atoms with Crippen LogP contribution in [0.2, 0.25) is 5.02 Å². The maximum absolute atomic E-state index is 13.6. The molecule has 0 bridgehead atoms. The fourth-order valence-corrected chi connectivity index (χ4v) is 2.77. The van der Waals surface area contributed by atoms with Gasteiger partial charge in [-0.15, -0.1) is 0 Å². The SMILES string of the molecule is Oc1cc(Cl)cc2c1N=C(Nc1ccc(F)cc1F)NS2. The zero-order chi connectivity index (χ0) is 15.0. The minimum Gasteiger partial charge on any atom is -0.506 e. The van der Waals surface area contributed by atoms with Crippen molar-refractivity contribution >= 4 is 40.9 Å². The average molecular weight is 328 g/mol. The number of phenolic OH excluding ortho intramolecular Hbond substituents is 1. The normalized spacial score (nSPS) is 13.2. The summed E-state index contributed by atoms with van der Waals surface area (Å²) in [5, 5.41) is 12.9. The number of hydrogen-bond acceptors (Lipinski definition) is 5. The topological polar surface area (TPSA) is 56.7 Å². The first-order valence-corrected chi connectivity index (χ1v) is 6.98. The van der Waals surface area contributed by atoms with Crippen LogP contribution in [0.25, 0.3) is 0 Å². The molecule has 1 aliphatic rings. The third kappa shape index (κ3) is 2.88. The second-order valence-corrected chi connectivity index (χ2v) is 5.47. The lowest BCUT2D eigenvalue weighted by Gasteiger charge is -2.18. The van der Waals surface area contributed by atoms with Crippen molar-refractivity contribution in [3.05, 3.63) is 47.0 Å². The predicted octanol–water partition coefficient (Wildman–Crippen LogP) is 4.03. The van der Waals surface area contributed by atoms with Gasteiger partial charge in [0.2, 0.25) is 5.96 Å². The number of guanidine groups is 1. The molecule has 3 rings (SSSR count). The van der Waals surface area contributed by atoms with Gasteiger partial charge in [0.05, 0.1) is 10.6 Å². The smallest absolute Gasteiger partial charge is 0.211 e. The molecule has 108 valence electrons. The summed E-state index contributed by atoms with van der Waals surface area (Å²) in [5.41, 5.74) is 0.397. The van der Waals surface area contributed by atoms with Crippen LogP contribution >= 0.6 is 23.5 Å². The molecule has 0 aromatic heterocycles. The molecule has 0 fully saturated rings. The van der Waals surface area contributed by atoms with E-state index in [1.54, 1.807) is 6.07 Å². The van der Waals surface area contributed by atoms with Crippen LogP contribution in [0.3, 0.4) is 0 Å². The molecule has 0 saturated carbocycles. The molecule has 0 spiro atoms. The first-order chi connectivity index (χ1) is 10.0. The number of aliphatic imine (C=N–C) groups is 1. The fourth-order valence-electron chi connectivity index (χ4n) is 1.76. The summed E-state index contributed by atoms with van der Waals surface area (Å²) in [7, 11) is 0. The lowest BCUT2D eigenvalue weighted by atomic mass is 10.3. The van der Waals surface area contributed by atoms with Crippen molar-refractivity contribution in [2.45, 2.75) is 4.90 Å². The molecule has 1 heterocycles. The number of hydrogen-bond donors (Lipinski definition) is 3. The Labute approximate surface area is 128 Å². The van der Waals surface area contributed by atoms with Gasteiger partial charge in [0.15, 0.2) is 0 Å². The van der Waals surface area contributed by atoms with Crippen LogP contribution in [-0.4, -0.2) is 11.1 Å². The Morgan fingerprint density at radius 2 is 2.05 bits per heavy atom. The minimum atomic E-state index is -0.740. The molecule has 1 aliphatic heterocycles. The zero-order valence-electron chi connectivity index (χ0n) is 10.3. The maximum atomic E-state index is 13.6. The lowest BCUT2D eigenvalue weighted by Crippen LogP contribution is -2.27. The van der Waals surface area contributed by atoms with Gasteiger partial charge in [-0.25, -0.2) is 13.8 Å². The molecule has 0 atom stereocenters. The summed E-state index contributed by atoms with van der Waals surface area (Å²) in [6.45, 7) is 0. The Kier molecular flexibility index (Phi) is 3.60. The van der Waals surface area contributed by atoms with E-state index >= 15 is 0 Å². The van der Waals surface area contributed by atoms with Gasteiger partial charge >= 0.3 is 0 Å². The molecule has 2 aromatic rings. The Morgan fingerprint density at radius 1 is 1.24 bits per heavy atom. The average Bonchev–Trinajstić information content (AvgIpc) is 2.42. The second-order valence-electron chi connectivity index (χ2n) is 4.19. The van der Waals surface area contributed by atoms with Crippen LogP contribution in [0.4, 0.5) is 20.2 Å². The number of halogens is 3. The Balaban J connectivity index is 1.92. The van der Waals surface area contributed by atoms with Crippen molar-refractivity contribution in [1.29, 1.82) is 0 Å². The molecule has 0 amide bonds. The van der Waals surface area contributed by atoms with E-state index in [9.17, 15) is 13.9 Å². The molecule has 0 saturated heterocycles. The third-order valence-corrected chi connectivity index (χ3v) is 3.73. The standard InChI is InChI=1S/C13H8ClF2N3OS/c14-6-3-10(20)12-11(4-6)21-19-13(18-12)17-9-2-1-7(15)5-8(9)16/h1-5,20H,(H2,17,18,19). The van der Waals surface area contributed by atoms with E-state index in [1.807, 2.05) is 0 Å². The number of nitrogens with zero attached hydrogens (tertiary/aromatic N) is 1. The lowest BCUT2D eigenvalue weighted by molar-refractivity contribution is 0.475. The maximum Gasteiger partial charge on any atom is 0.211 e. The molecule has 0 aliphatic carbocycles. The van der Waals surface area contributed by atoms with Gasteiger partial charge in [-0.3, -0.25) is 4.72 Å². The Hall–Kier alpha value is -1.99. The van der Waals surface area contributed by atoms with Gasteiger partial charge < -0.3 is 10.4 Å². The van der Waals surface area contributed by atoms with Gasteiger partial charge in [-0.05, 0) is 30.1 Å². The van der Waals surface area contributed by atoms with Gasteiger partial charge in [0.25, 0.3) is 0 Å². The predicted molar refractivity (Wildman–Crippen MR) is 79.2 cm³/mol. The van der Waals surface area contributed by atoms with E-state index in [1.165, 1.54) is 24.1 Å². The monoisotopic (exact) mass is 327 g/mol. The number of nitrogens with one attached hydrogen (secondary N) is 2. The summed E-state index contributed by atoms with van der Waals surface area (Å²) in [4.78, 5) is 4.79. The highest BCUT2D eigenvalue weighted by Gasteiger charge is 2.17. The number of anilines is 1.